The van der Waals surface area contributed by atoms with Crippen molar-refractivity contribution in [3.8, 4) is 11.5 Å². The average molecular weight is 972 g/mol. The molecule has 5 aromatic carbocycles. The van der Waals surface area contributed by atoms with Gasteiger partial charge in [-0.25, -0.2) is 4.98 Å². The molecule has 6 heterocycles. The van der Waals surface area contributed by atoms with Crippen LogP contribution in [-0.2, 0) is 14.2 Å². The fraction of sp³-hybridized carbons (Fsp3) is 0.255. The SMILES string of the molecule is Brc1ccc(Nc2ccc([C@H]3CNCCO3)cc2)c2ncccc12.Clc1ccc(Nc2ccc([C@@H]3CNCCO3)cc2)cn1.c1cc([C@H]2CNCCO2)ccc1Nc1ccc2c(c1)OCO2. The number of nitrogens with zero attached hydrogens (tertiary/aromatic N) is 2. The molecule has 3 saturated heterocycles. The first-order valence-electron chi connectivity index (χ1n) is 22.1. The van der Waals surface area contributed by atoms with Crippen LogP contribution in [0.25, 0.3) is 10.9 Å². The lowest BCUT2D eigenvalue weighted by molar-refractivity contribution is 0.0276. The van der Waals surface area contributed by atoms with Gasteiger partial charge in [0.2, 0.25) is 6.79 Å². The van der Waals surface area contributed by atoms with E-state index < -0.39 is 0 Å². The second kappa shape index (κ2) is 22.6. The predicted octanol–water partition coefficient (Wildman–Crippen LogP) is 10.4. The lowest BCUT2D eigenvalue weighted by Crippen LogP contribution is -2.33. The average Bonchev–Trinajstić information content (AvgIpc) is 3.86. The second-order valence-corrected chi connectivity index (χ2v) is 17.1. The lowest BCUT2D eigenvalue weighted by atomic mass is 10.1. The number of ether oxygens (including phenoxy) is 5. The predicted molar refractivity (Wildman–Crippen MR) is 265 cm³/mol. The summed E-state index contributed by atoms with van der Waals surface area (Å²) >= 11 is 9.35. The van der Waals surface area contributed by atoms with Crippen LogP contribution < -0.4 is 41.4 Å². The molecule has 0 amide bonds. The zero-order valence-corrected chi connectivity index (χ0v) is 38.6. The number of fused-ring (bicyclic) bond motifs is 2. The second-order valence-electron chi connectivity index (χ2n) is 15.9. The highest BCUT2D eigenvalue weighted by atomic mass is 79.9. The lowest BCUT2D eigenvalue weighted by Gasteiger charge is -2.24. The van der Waals surface area contributed by atoms with Crippen molar-refractivity contribution in [3.05, 3.63) is 166 Å². The highest BCUT2D eigenvalue weighted by molar-refractivity contribution is 9.10. The Morgan fingerprint density at radius 1 is 0.530 bits per heavy atom. The molecule has 0 bridgehead atoms. The molecule has 0 radical (unpaired) electrons. The summed E-state index contributed by atoms with van der Waals surface area (Å²) in [6, 6.07) is 42.6. The molecule has 0 saturated carbocycles. The first-order chi connectivity index (χ1) is 32.5. The number of anilines is 6. The van der Waals surface area contributed by atoms with Crippen molar-refractivity contribution in [1.29, 1.82) is 0 Å². The van der Waals surface area contributed by atoms with E-state index in [1.54, 1.807) is 12.3 Å². The molecule has 13 nitrogen and oxygen atoms in total. The van der Waals surface area contributed by atoms with E-state index in [2.05, 4.69) is 125 Å². The molecule has 0 aliphatic carbocycles. The van der Waals surface area contributed by atoms with Gasteiger partial charge in [0.15, 0.2) is 11.5 Å². The zero-order chi connectivity index (χ0) is 44.9. The third-order valence-electron chi connectivity index (χ3n) is 11.3. The van der Waals surface area contributed by atoms with Crippen LogP contribution in [0.2, 0.25) is 5.15 Å². The van der Waals surface area contributed by atoms with Gasteiger partial charge in [-0.1, -0.05) is 70.0 Å². The molecule has 4 aliphatic heterocycles. The standard InChI is InChI=1S/C19H18BrN3O.C17H18N2O3.C15H16ClN3O/c20-16-7-8-17(19-15(16)2-1-9-22-19)23-14-5-3-13(4-6-14)18-12-21-10-11-24-18;1-3-13(4-2-12(1)17-10-18-7-8-20-17)19-14-5-6-15-16(9-14)22-11-21-15;16-15-6-5-13(9-18-15)19-12-3-1-11(2-4-12)14-10-17-7-8-20-14/h1-9,18,21,23H,10-12H2;1-6,9,17-19H,7-8,10-11H2;1-6,9,14,17,19H,7-8,10H2/t18-;17-;14-/m110/s1. The number of hydrogen-bond donors (Lipinski definition) is 6. The monoisotopic (exact) mass is 970 g/mol. The molecule has 15 heteroatoms. The Morgan fingerprint density at radius 3 is 1.58 bits per heavy atom. The largest absolute Gasteiger partial charge is 0.454 e. The maximum atomic E-state index is 5.79. The molecule has 0 spiro atoms. The van der Waals surface area contributed by atoms with Gasteiger partial charge in [-0.05, 0) is 95.6 Å². The maximum Gasteiger partial charge on any atom is 0.231 e. The van der Waals surface area contributed by atoms with Crippen LogP contribution in [-0.4, -0.2) is 75.9 Å². The highest BCUT2D eigenvalue weighted by Crippen LogP contribution is 2.36. The van der Waals surface area contributed by atoms with Crippen molar-refractivity contribution in [1.82, 2.24) is 25.9 Å². The minimum absolute atomic E-state index is 0.142. The zero-order valence-electron chi connectivity index (χ0n) is 36.3. The Bertz CT molecular complexity index is 2630. The number of halogens is 2. The Morgan fingerprint density at radius 2 is 1.05 bits per heavy atom. The molecule has 0 unspecified atom stereocenters. The first-order valence-corrected chi connectivity index (χ1v) is 23.3. The van der Waals surface area contributed by atoms with E-state index >= 15 is 0 Å². The summed E-state index contributed by atoms with van der Waals surface area (Å²) in [5.41, 5.74) is 10.5. The first kappa shape index (κ1) is 45.4. The molecular weight excluding hydrogens is 920 g/mol. The quantitative estimate of drug-likeness (QED) is 0.0765. The van der Waals surface area contributed by atoms with Gasteiger partial charge in [-0.3, -0.25) is 4.98 Å². The van der Waals surface area contributed by atoms with E-state index in [0.717, 1.165) is 120 Å². The van der Waals surface area contributed by atoms with Gasteiger partial charge in [-0.15, -0.1) is 0 Å². The topological polar surface area (TPSA) is 144 Å². The van der Waals surface area contributed by atoms with Gasteiger partial charge in [0.1, 0.15) is 5.15 Å². The molecule has 6 N–H and O–H groups in total. The third-order valence-corrected chi connectivity index (χ3v) is 12.2. The number of pyridine rings is 2. The summed E-state index contributed by atoms with van der Waals surface area (Å²) < 4.78 is 29.0. The summed E-state index contributed by atoms with van der Waals surface area (Å²) in [7, 11) is 0. The van der Waals surface area contributed by atoms with Crippen LogP contribution in [0.4, 0.5) is 34.1 Å². The molecule has 11 rings (SSSR count). The molecule has 340 valence electrons. The van der Waals surface area contributed by atoms with Crippen molar-refractivity contribution < 1.29 is 23.7 Å². The molecular formula is C51H52BrClN8O5. The van der Waals surface area contributed by atoms with Crippen LogP contribution in [0.5, 0.6) is 11.5 Å². The summed E-state index contributed by atoms with van der Waals surface area (Å²) in [5.74, 6) is 1.58. The van der Waals surface area contributed by atoms with Crippen LogP contribution in [0, 0.1) is 0 Å². The van der Waals surface area contributed by atoms with Crippen molar-refractivity contribution in [2.24, 2.45) is 0 Å². The van der Waals surface area contributed by atoms with Crippen molar-refractivity contribution in [2.75, 3.05) is 81.8 Å². The molecule has 2 aromatic heterocycles. The van der Waals surface area contributed by atoms with Crippen LogP contribution in [0.3, 0.4) is 0 Å². The van der Waals surface area contributed by atoms with Gasteiger partial charge >= 0.3 is 0 Å². The number of nitrogens with one attached hydrogen (secondary N) is 6. The van der Waals surface area contributed by atoms with E-state index in [9.17, 15) is 0 Å². The molecule has 66 heavy (non-hydrogen) atoms. The number of morpholine rings is 3. The minimum Gasteiger partial charge on any atom is -0.454 e. The third kappa shape index (κ3) is 12.1. The Hall–Kier alpha value is -5.81. The smallest absolute Gasteiger partial charge is 0.231 e. The Kier molecular flexibility index (Phi) is 15.5. The molecule has 3 atom stereocenters. The minimum atomic E-state index is 0.142. The summed E-state index contributed by atoms with van der Waals surface area (Å²) in [4.78, 5) is 8.55. The van der Waals surface area contributed by atoms with Crippen molar-refractivity contribution in [3.63, 3.8) is 0 Å². The van der Waals surface area contributed by atoms with Crippen LogP contribution in [0.1, 0.15) is 35.0 Å². The fourth-order valence-corrected chi connectivity index (χ4v) is 8.40. The maximum absolute atomic E-state index is 5.79. The van der Waals surface area contributed by atoms with Gasteiger partial charge < -0.3 is 55.6 Å². The van der Waals surface area contributed by atoms with E-state index in [0.29, 0.717) is 11.9 Å². The van der Waals surface area contributed by atoms with E-state index in [-0.39, 0.29) is 18.3 Å². The van der Waals surface area contributed by atoms with E-state index in [1.807, 2.05) is 60.8 Å². The number of benzene rings is 5. The normalized spacial score (nSPS) is 18.8. The van der Waals surface area contributed by atoms with Crippen molar-refractivity contribution >= 4 is 72.6 Å². The molecule has 7 aromatic rings. The summed E-state index contributed by atoms with van der Waals surface area (Å²) in [6.07, 6.45) is 3.97. The van der Waals surface area contributed by atoms with Crippen molar-refractivity contribution in [2.45, 2.75) is 18.3 Å². The van der Waals surface area contributed by atoms with E-state index in [4.69, 9.17) is 35.3 Å². The van der Waals surface area contributed by atoms with Gasteiger partial charge in [0.25, 0.3) is 0 Å². The van der Waals surface area contributed by atoms with E-state index in [1.165, 1.54) is 16.7 Å². The van der Waals surface area contributed by atoms with Crippen LogP contribution >= 0.6 is 27.5 Å². The highest BCUT2D eigenvalue weighted by Gasteiger charge is 2.18. The van der Waals surface area contributed by atoms with Gasteiger partial charge in [0, 0.05) is 84.1 Å². The van der Waals surface area contributed by atoms with Gasteiger partial charge in [-0.2, -0.15) is 0 Å². The van der Waals surface area contributed by atoms with Gasteiger partial charge in [0.05, 0.1) is 61.2 Å². The Labute approximate surface area is 398 Å². The fourth-order valence-electron chi connectivity index (χ4n) is 7.83. The number of hydrogen-bond acceptors (Lipinski definition) is 13. The van der Waals surface area contributed by atoms with Crippen LogP contribution in [0.15, 0.2) is 144 Å². The summed E-state index contributed by atoms with van der Waals surface area (Å²) in [6.45, 7) is 7.99. The number of rotatable bonds is 9. The molecule has 4 aliphatic rings. The molecule has 3 fully saturated rings. The number of aromatic nitrogens is 2. The Balaban J connectivity index is 0.000000125. The summed E-state index contributed by atoms with van der Waals surface area (Å²) in [5, 5.41) is 21.7.